The molecule has 0 fully saturated rings. The lowest BCUT2D eigenvalue weighted by atomic mass is 10.1. The van der Waals surface area contributed by atoms with E-state index in [1.54, 1.807) is 11.8 Å². The van der Waals surface area contributed by atoms with Crippen molar-refractivity contribution in [3.63, 3.8) is 0 Å². The number of aryl methyl sites for hydroxylation is 2. The monoisotopic (exact) mass is 424 g/mol. The molecule has 0 spiro atoms. The normalized spacial score (nSPS) is 10.9. The van der Waals surface area contributed by atoms with Crippen molar-refractivity contribution in [1.82, 2.24) is 9.55 Å². The number of aromatic amines is 1. The van der Waals surface area contributed by atoms with Gasteiger partial charge in [-0.2, -0.15) is 0 Å². The molecule has 0 aliphatic rings. The van der Waals surface area contributed by atoms with Crippen molar-refractivity contribution in [1.29, 1.82) is 0 Å². The van der Waals surface area contributed by atoms with E-state index < -0.39 is 11.2 Å². The first-order valence-corrected chi connectivity index (χ1v) is 11.0. The topological polar surface area (TPSA) is 84.1 Å². The average Bonchev–Trinajstić information content (AvgIpc) is 2.73. The lowest BCUT2D eigenvalue weighted by molar-refractivity contribution is 0.722. The fourth-order valence-electron chi connectivity index (χ4n) is 3.31. The second kappa shape index (κ2) is 9.71. The van der Waals surface area contributed by atoms with Crippen LogP contribution in [0.15, 0.2) is 63.0 Å². The van der Waals surface area contributed by atoms with Gasteiger partial charge in [0.15, 0.2) is 0 Å². The summed E-state index contributed by atoms with van der Waals surface area (Å²) in [5, 5.41) is 0. The maximum atomic E-state index is 12.6. The Bertz CT molecular complexity index is 1120. The molecule has 0 atom stereocenters. The van der Waals surface area contributed by atoms with E-state index in [2.05, 4.69) is 37.0 Å². The number of nitrogen functional groups attached to an aromatic ring is 1. The van der Waals surface area contributed by atoms with Crippen molar-refractivity contribution < 1.29 is 0 Å². The molecule has 1 heterocycles. The number of hydrogen-bond donors (Lipinski definition) is 2. The first-order chi connectivity index (χ1) is 14.4. The van der Waals surface area contributed by atoms with Crippen LogP contribution in [0.1, 0.15) is 23.6 Å². The van der Waals surface area contributed by atoms with Gasteiger partial charge in [0.05, 0.1) is 6.54 Å². The molecule has 7 heteroatoms. The number of anilines is 2. The van der Waals surface area contributed by atoms with Crippen LogP contribution >= 0.6 is 11.8 Å². The lowest BCUT2D eigenvalue weighted by Crippen LogP contribution is -2.39. The molecule has 0 saturated carbocycles. The highest BCUT2D eigenvalue weighted by molar-refractivity contribution is 7.99. The van der Waals surface area contributed by atoms with Gasteiger partial charge in [-0.05, 0) is 49.6 Å². The van der Waals surface area contributed by atoms with Crippen molar-refractivity contribution in [3.8, 4) is 0 Å². The molecule has 0 aliphatic heterocycles. The predicted octanol–water partition coefficient (Wildman–Crippen LogP) is 3.40. The molecule has 2 aromatic carbocycles. The summed E-state index contributed by atoms with van der Waals surface area (Å²) < 4.78 is 1.42. The SMILES string of the molecule is CCN(CCSc1ccc(C)c(C)c1)c1c(N)n(Cc2ccccc2)c(=O)[nH]c1=O. The summed E-state index contributed by atoms with van der Waals surface area (Å²) >= 11 is 1.74. The third kappa shape index (κ3) is 4.97. The molecule has 30 heavy (non-hydrogen) atoms. The fourth-order valence-corrected chi connectivity index (χ4v) is 4.28. The van der Waals surface area contributed by atoms with Gasteiger partial charge in [0.1, 0.15) is 11.5 Å². The molecule has 0 aliphatic carbocycles. The number of thioether (sulfide) groups is 1. The van der Waals surface area contributed by atoms with E-state index in [4.69, 9.17) is 5.73 Å². The second-order valence-electron chi connectivity index (χ2n) is 7.24. The first-order valence-electron chi connectivity index (χ1n) is 10.0. The minimum absolute atomic E-state index is 0.200. The van der Waals surface area contributed by atoms with Gasteiger partial charge < -0.3 is 10.6 Å². The highest BCUT2D eigenvalue weighted by Crippen LogP contribution is 2.23. The zero-order chi connectivity index (χ0) is 21.7. The maximum absolute atomic E-state index is 12.6. The summed E-state index contributed by atoms with van der Waals surface area (Å²) in [5.41, 5.74) is 9.22. The minimum atomic E-state index is -0.495. The summed E-state index contributed by atoms with van der Waals surface area (Å²) in [7, 11) is 0. The Hall–Kier alpha value is -2.93. The number of nitrogens with one attached hydrogen (secondary N) is 1. The Morgan fingerprint density at radius 1 is 1.07 bits per heavy atom. The third-order valence-electron chi connectivity index (χ3n) is 5.20. The molecule has 158 valence electrons. The zero-order valence-corrected chi connectivity index (χ0v) is 18.5. The van der Waals surface area contributed by atoms with E-state index in [0.29, 0.717) is 25.3 Å². The van der Waals surface area contributed by atoms with Crippen LogP contribution in [-0.2, 0) is 6.54 Å². The van der Waals surface area contributed by atoms with Crippen LogP contribution in [0.2, 0.25) is 0 Å². The van der Waals surface area contributed by atoms with Gasteiger partial charge in [-0.1, -0.05) is 36.4 Å². The molecule has 3 N–H and O–H groups in total. The number of rotatable bonds is 8. The molecule has 0 unspecified atom stereocenters. The molecule has 0 saturated heterocycles. The molecule has 3 aromatic rings. The predicted molar refractivity (Wildman–Crippen MR) is 126 cm³/mol. The summed E-state index contributed by atoms with van der Waals surface area (Å²) in [6, 6.07) is 16.0. The van der Waals surface area contributed by atoms with Crippen LogP contribution in [0, 0.1) is 13.8 Å². The largest absolute Gasteiger partial charge is 0.383 e. The highest BCUT2D eigenvalue weighted by atomic mass is 32.2. The summed E-state index contributed by atoms with van der Waals surface area (Å²) in [5.74, 6) is 0.998. The highest BCUT2D eigenvalue weighted by Gasteiger charge is 2.18. The Morgan fingerprint density at radius 2 is 1.80 bits per heavy atom. The van der Waals surface area contributed by atoms with Gasteiger partial charge in [0, 0.05) is 23.7 Å². The summed E-state index contributed by atoms with van der Waals surface area (Å²) in [4.78, 5) is 30.5. The number of nitrogens with zero attached hydrogens (tertiary/aromatic N) is 2. The van der Waals surface area contributed by atoms with E-state index in [9.17, 15) is 9.59 Å². The molecular weight excluding hydrogens is 396 g/mol. The van der Waals surface area contributed by atoms with E-state index in [-0.39, 0.29) is 5.82 Å². The Morgan fingerprint density at radius 3 is 2.47 bits per heavy atom. The molecule has 3 rings (SSSR count). The van der Waals surface area contributed by atoms with Crippen molar-refractivity contribution >= 4 is 23.3 Å². The fraction of sp³-hybridized carbons (Fsp3) is 0.304. The van der Waals surface area contributed by atoms with Crippen LogP contribution in [0.25, 0.3) is 0 Å². The minimum Gasteiger partial charge on any atom is -0.383 e. The molecule has 6 nitrogen and oxygen atoms in total. The molecule has 0 amide bonds. The van der Waals surface area contributed by atoms with E-state index in [0.717, 1.165) is 11.3 Å². The molecular formula is C23H28N4O2S. The van der Waals surface area contributed by atoms with Gasteiger partial charge in [-0.25, -0.2) is 4.79 Å². The van der Waals surface area contributed by atoms with Crippen molar-refractivity contribution in [3.05, 3.63) is 86.1 Å². The number of aromatic nitrogens is 2. The summed E-state index contributed by atoms with van der Waals surface area (Å²) in [6.07, 6.45) is 0. The van der Waals surface area contributed by atoms with Crippen molar-refractivity contribution in [2.24, 2.45) is 0 Å². The molecule has 1 aromatic heterocycles. The smallest absolute Gasteiger partial charge is 0.330 e. The zero-order valence-electron chi connectivity index (χ0n) is 17.6. The lowest BCUT2D eigenvalue weighted by Gasteiger charge is -2.24. The van der Waals surface area contributed by atoms with Crippen molar-refractivity contribution in [2.75, 3.05) is 29.5 Å². The van der Waals surface area contributed by atoms with Gasteiger partial charge in [-0.15, -0.1) is 11.8 Å². The van der Waals surface area contributed by atoms with Gasteiger partial charge in [0.2, 0.25) is 0 Å². The van der Waals surface area contributed by atoms with Crippen LogP contribution < -0.4 is 21.9 Å². The number of hydrogen-bond acceptors (Lipinski definition) is 5. The molecule has 0 bridgehead atoms. The van der Waals surface area contributed by atoms with E-state index >= 15 is 0 Å². The molecule has 0 radical (unpaired) electrons. The quantitative estimate of drug-likeness (QED) is 0.542. The van der Waals surface area contributed by atoms with Gasteiger partial charge in [0.25, 0.3) is 5.56 Å². The Labute approximate surface area is 180 Å². The summed E-state index contributed by atoms with van der Waals surface area (Å²) in [6.45, 7) is 7.75. The number of nitrogens with two attached hydrogens (primary N) is 1. The third-order valence-corrected chi connectivity index (χ3v) is 6.18. The van der Waals surface area contributed by atoms with E-state index in [1.807, 2.05) is 42.2 Å². The Kier molecular flexibility index (Phi) is 7.05. The Balaban J connectivity index is 1.81. The van der Waals surface area contributed by atoms with Gasteiger partial charge >= 0.3 is 5.69 Å². The van der Waals surface area contributed by atoms with E-state index in [1.165, 1.54) is 20.6 Å². The van der Waals surface area contributed by atoms with Crippen LogP contribution in [0.4, 0.5) is 11.5 Å². The average molecular weight is 425 g/mol. The second-order valence-corrected chi connectivity index (χ2v) is 8.41. The maximum Gasteiger partial charge on any atom is 0.330 e. The van der Waals surface area contributed by atoms with Crippen molar-refractivity contribution in [2.45, 2.75) is 32.2 Å². The van der Waals surface area contributed by atoms with Crippen LogP contribution in [0.3, 0.4) is 0 Å². The van der Waals surface area contributed by atoms with Gasteiger partial charge in [-0.3, -0.25) is 14.3 Å². The van der Waals surface area contributed by atoms with Crippen LogP contribution in [0.5, 0.6) is 0 Å². The van der Waals surface area contributed by atoms with Crippen LogP contribution in [-0.4, -0.2) is 28.4 Å². The number of H-pyrrole nitrogens is 1. The number of benzene rings is 2. The first kappa shape index (κ1) is 21.8. The standard InChI is InChI=1S/C23H28N4O2S/c1-4-26(12-13-30-19-11-10-16(2)17(3)14-19)20-21(24)27(23(29)25-22(20)28)15-18-8-6-5-7-9-18/h5-11,14H,4,12-13,15,24H2,1-3H3,(H,25,28,29).